The Morgan fingerprint density at radius 1 is 1.36 bits per heavy atom. The third-order valence-corrected chi connectivity index (χ3v) is 2.50. The molecule has 1 atom stereocenters. The molecule has 0 spiro atoms. The SMILES string of the molecule is Cc1cc(OC(C)C#N)cc(C)c1Cl. The Hall–Kier alpha value is -1.20. The van der Waals surface area contributed by atoms with Gasteiger partial charge in [-0.1, -0.05) is 11.6 Å². The summed E-state index contributed by atoms with van der Waals surface area (Å²) in [5, 5.41) is 9.34. The smallest absolute Gasteiger partial charge is 0.181 e. The average Bonchev–Trinajstić information content (AvgIpc) is 2.14. The van der Waals surface area contributed by atoms with Crippen molar-refractivity contribution >= 4 is 11.6 Å². The average molecular weight is 210 g/mol. The minimum absolute atomic E-state index is 0.435. The van der Waals surface area contributed by atoms with Crippen LogP contribution in [0.15, 0.2) is 12.1 Å². The molecule has 2 nitrogen and oxygen atoms in total. The van der Waals surface area contributed by atoms with Crippen LogP contribution < -0.4 is 4.74 Å². The number of hydrogen-bond acceptors (Lipinski definition) is 2. The van der Waals surface area contributed by atoms with E-state index >= 15 is 0 Å². The summed E-state index contributed by atoms with van der Waals surface area (Å²) < 4.78 is 5.36. The Morgan fingerprint density at radius 3 is 2.29 bits per heavy atom. The topological polar surface area (TPSA) is 33.0 Å². The number of aryl methyl sites for hydroxylation is 2. The molecule has 0 aliphatic rings. The van der Waals surface area contributed by atoms with Gasteiger partial charge in [-0.05, 0) is 44.0 Å². The van der Waals surface area contributed by atoms with Crippen LogP contribution in [-0.4, -0.2) is 6.10 Å². The number of nitrogens with zero attached hydrogens (tertiary/aromatic N) is 1. The third-order valence-electron chi connectivity index (χ3n) is 1.90. The van der Waals surface area contributed by atoms with Crippen LogP contribution in [0.5, 0.6) is 5.75 Å². The van der Waals surface area contributed by atoms with Gasteiger partial charge in [0.1, 0.15) is 11.8 Å². The van der Waals surface area contributed by atoms with Crippen LogP contribution in [0.1, 0.15) is 18.1 Å². The van der Waals surface area contributed by atoms with Crippen molar-refractivity contribution in [2.75, 3.05) is 0 Å². The van der Waals surface area contributed by atoms with Gasteiger partial charge in [0.05, 0.1) is 0 Å². The Morgan fingerprint density at radius 2 is 1.86 bits per heavy atom. The summed E-state index contributed by atoms with van der Waals surface area (Å²) in [6, 6.07) is 5.68. The van der Waals surface area contributed by atoms with E-state index in [0.717, 1.165) is 16.1 Å². The predicted octanol–water partition coefficient (Wildman–Crippen LogP) is 3.25. The first-order valence-corrected chi connectivity index (χ1v) is 4.75. The van der Waals surface area contributed by atoms with Crippen molar-refractivity contribution in [1.82, 2.24) is 0 Å². The molecule has 0 amide bonds. The quantitative estimate of drug-likeness (QED) is 0.749. The molecule has 1 rings (SSSR count). The first-order valence-electron chi connectivity index (χ1n) is 4.37. The number of ether oxygens (including phenoxy) is 1. The third kappa shape index (κ3) is 2.40. The molecule has 1 aromatic rings. The molecular weight excluding hydrogens is 198 g/mol. The van der Waals surface area contributed by atoms with Crippen LogP contribution in [0.25, 0.3) is 0 Å². The second-order valence-electron chi connectivity index (χ2n) is 3.26. The number of rotatable bonds is 2. The van der Waals surface area contributed by atoms with Gasteiger partial charge in [-0.25, -0.2) is 0 Å². The van der Waals surface area contributed by atoms with Gasteiger partial charge in [-0.3, -0.25) is 0 Å². The maximum Gasteiger partial charge on any atom is 0.181 e. The van der Waals surface area contributed by atoms with Gasteiger partial charge < -0.3 is 4.74 Å². The summed E-state index contributed by atoms with van der Waals surface area (Å²) in [7, 11) is 0. The van der Waals surface area contributed by atoms with Crippen molar-refractivity contribution in [2.45, 2.75) is 26.9 Å². The van der Waals surface area contributed by atoms with Crippen LogP contribution >= 0.6 is 11.6 Å². The lowest BCUT2D eigenvalue weighted by molar-refractivity contribution is 0.276. The van der Waals surface area contributed by atoms with Gasteiger partial charge in [0.25, 0.3) is 0 Å². The van der Waals surface area contributed by atoms with Crippen molar-refractivity contribution in [1.29, 1.82) is 5.26 Å². The highest BCUT2D eigenvalue weighted by Crippen LogP contribution is 2.26. The van der Waals surface area contributed by atoms with Crippen LogP contribution in [0.3, 0.4) is 0 Å². The number of halogens is 1. The van der Waals surface area contributed by atoms with E-state index in [1.165, 1.54) is 0 Å². The van der Waals surface area contributed by atoms with Crippen molar-refractivity contribution in [3.05, 3.63) is 28.3 Å². The fourth-order valence-corrected chi connectivity index (χ4v) is 1.31. The highest BCUT2D eigenvalue weighted by molar-refractivity contribution is 6.32. The summed E-state index contributed by atoms with van der Waals surface area (Å²) in [5.74, 6) is 0.693. The molecule has 1 unspecified atom stereocenters. The molecule has 0 radical (unpaired) electrons. The van der Waals surface area contributed by atoms with E-state index in [1.54, 1.807) is 6.92 Å². The first-order chi connectivity index (χ1) is 6.54. The lowest BCUT2D eigenvalue weighted by Gasteiger charge is -2.10. The van der Waals surface area contributed by atoms with E-state index in [2.05, 4.69) is 0 Å². The highest BCUT2D eigenvalue weighted by Gasteiger charge is 2.06. The predicted molar refractivity (Wildman–Crippen MR) is 56.6 cm³/mol. The maximum atomic E-state index is 8.59. The van der Waals surface area contributed by atoms with Crippen molar-refractivity contribution < 1.29 is 4.74 Å². The zero-order valence-electron chi connectivity index (χ0n) is 8.47. The summed E-state index contributed by atoms with van der Waals surface area (Å²) in [6.45, 7) is 5.54. The molecule has 0 fully saturated rings. The van der Waals surface area contributed by atoms with Crippen LogP contribution in [-0.2, 0) is 0 Å². The van der Waals surface area contributed by atoms with Crippen molar-refractivity contribution in [2.24, 2.45) is 0 Å². The Balaban J connectivity index is 2.97. The molecule has 14 heavy (non-hydrogen) atoms. The Labute approximate surface area is 89.1 Å². The molecule has 0 aliphatic heterocycles. The number of hydrogen-bond donors (Lipinski definition) is 0. The van der Waals surface area contributed by atoms with Gasteiger partial charge in [-0.15, -0.1) is 0 Å². The summed E-state index contributed by atoms with van der Waals surface area (Å²) >= 11 is 6.00. The van der Waals surface area contributed by atoms with Crippen molar-refractivity contribution in [3.8, 4) is 11.8 Å². The van der Waals surface area contributed by atoms with E-state index in [0.29, 0.717) is 5.75 Å². The fraction of sp³-hybridized carbons (Fsp3) is 0.364. The molecule has 0 aliphatic carbocycles. The normalized spacial score (nSPS) is 11.9. The minimum Gasteiger partial charge on any atom is -0.476 e. The second kappa shape index (κ2) is 4.34. The summed E-state index contributed by atoms with van der Waals surface area (Å²) in [6.07, 6.45) is -0.435. The molecule has 0 N–H and O–H groups in total. The van der Waals surface area contributed by atoms with E-state index in [9.17, 15) is 0 Å². The molecular formula is C11H12ClNO. The van der Waals surface area contributed by atoms with Crippen LogP contribution in [0.2, 0.25) is 5.02 Å². The maximum absolute atomic E-state index is 8.59. The van der Waals surface area contributed by atoms with Gasteiger partial charge in [0.15, 0.2) is 6.10 Å². The molecule has 0 heterocycles. The minimum atomic E-state index is -0.435. The molecule has 74 valence electrons. The van der Waals surface area contributed by atoms with Gasteiger partial charge in [0, 0.05) is 5.02 Å². The fourth-order valence-electron chi connectivity index (χ4n) is 1.20. The summed E-state index contributed by atoms with van der Waals surface area (Å²) in [4.78, 5) is 0. The van der Waals surface area contributed by atoms with Crippen molar-refractivity contribution in [3.63, 3.8) is 0 Å². The van der Waals surface area contributed by atoms with Gasteiger partial charge in [0.2, 0.25) is 0 Å². The van der Waals surface area contributed by atoms with Crippen LogP contribution in [0.4, 0.5) is 0 Å². The lowest BCUT2D eigenvalue weighted by Crippen LogP contribution is -2.08. The molecule has 0 aromatic heterocycles. The van der Waals surface area contributed by atoms with Gasteiger partial charge in [-0.2, -0.15) is 5.26 Å². The molecule has 0 saturated heterocycles. The molecule has 0 bridgehead atoms. The van der Waals surface area contributed by atoms with E-state index in [-0.39, 0.29) is 0 Å². The monoisotopic (exact) mass is 209 g/mol. The largest absolute Gasteiger partial charge is 0.476 e. The molecule has 3 heteroatoms. The standard InChI is InChI=1S/C11H12ClNO/c1-7-4-10(14-9(3)6-13)5-8(2)11(7)12/h4-5,9H,1-3H3. The number of benzene rings is 1. The zero-order chi connectivity index (χ0) is 10.7. The first kappa shape index (κ1) is 10.9. The van der Waals surface area contributed by atoms with E-state index in [4.69, 9.17) is 21.6 Å². The summed E-state index contributed by atoms with van der Waals surface area (Å²) in [5.41, 5.74) is 1.93. The van der Waals surface area contributed by atoms with E-state index in [1.807, 2.05) is 32.0 Å². The second-order valence-corrected chi connectivity index (χ2v) is 3.64. The van der Waals surface area contributed by atoms with E-state index < -0.39 is 6.10 Å². The molecule has 1 aromatic carbocycles. The highest BCUT2D eigenvalue weighted by atomic mass is 35.5. The molecule has 0 saturated carbocycles. The van der Waals surface area contributed by atoms with Crippen LogP contribution in [0, 0.1) is 25.2 Å². The number of nitriles is 1. The lowest BCUT2D eigenvalue weighted by atomic mass is 10.1. The zero-order valence-corrected chi connectivity index (χ0v) is 9.22. The Bertz CT molecular complexity index is 358. The Kier molecular flexibility index (Phi) is 3.38. The van der Waals surface area contributed by atoms with Gasteiger partial charge >= 0.3 is 0 Å².